The lowest BCUT2D eigenvalue weighted by atomic mass is 9.96. The van der Waals surface area contributed by atoms with Gasteiger partial charge in [-0.15, -0.1) is 0 Å². The first-order chi connectivity index (χ1) is 9.38. The minimum Gasteiger partial charge on any atom is -0.481 e. The lowest BCUT2D eigenvalue weighted by Crippen LogP contribution is -2.33. The van der Waals surface area contributed by atoms with E-state index in [1.54, 1.807) is 4.90 Å². The number of rotatable bonds is 4. The Balaban J connectivity index is 1.96. The van der Waals surface area contributed by atoms with Gasteiger partial charge in [-0.25, -0.2) is 0 Å². The molecule has 0 spiro atoms. The van der Waals surface area contributed by atoms with E-state index in [9.17, 15) is 18.0 Å². The molecule has 1 aliphatic rings. The van der Waals surface area contributed by atoms with Crippen LogP contribution in [0.3, 0.4) is 0 Å². The van der Waals surface area contributed by atoms with Gasteiger partial charge in [-0.05, 0) is 12.0 Å². The highest BCUT2D eigenvalue weighted by Crippen LogP contribution is 2.37. The van der Waals surface area contributed by atoms with Gasteiger partial charge in [0.25, 0.3) is 0 Å². The summed E-state index contributed by atoms with van der Waals surface area (Å²) >= 11 is 0. The fourth-order valence-corrected chi connectivity index (χ4v) is 2.58. The molecule has 3 nitrogen and oxygen atoms in total. The maximum Gasteiger partial charge on any atom is 0.393 e. The van der Waals surface area contributed by atoms with E-state index in [0.29, 0.717) is 13.0 Å². The Hall–Kier alpha value is -1.56. The average molecular weight is 287 g/mol. The Morgan fingerprint density at radius 2 is 1.90 bits per heavy atom. The first-order valence-corrected chi connectivity index (χ1v) is 6.43. The van der Waals surface area contributed by atoms with Crippen LogP contribution in [0.15, 0.2) is 30.3 Å². The molecule has 1 aliphatic heterocycles. The fourth-order valence-electron chi connectivity index (χ4n) is 2.58. The highest BCUT2D eigenvalue weighted by molar-refractivity contribution is 5.71. The quantitative estimate of drug-likeness (QED) is 0.924. The molecule has 0 aromatic heterocycles. The lowest BCUT2D eigenvalue weighted by Gasteiger charge is -2.18. The van der Waals surface area contributed by atoms with Gasteiger partial charge in [-0.3, -0.25) is 4.79 Å². The predicted octanol–water partition coefficient (Wildman–Crippen LogP) is 2.42. The molecule has 0 unspecified atom stereocenters. The summed E-state index contributed by atoms with van der Waals surface area (Å²) in [6, 6.07) is 9.44. The van der Waals surface area contributed by atoms with E-state index < -0.39 is 24.0 Å². The van der Waals surface area contributed by atoms with Crippen molar-refractivity contribution >= 4 is 5.97 Å². The summed E-state index contributed by atoms with van der Waals surface area (Å²) in [4.78, 5) is 12.5. The molecule has 1 N–H and O–H groups in total. The zero-order valence-corrected chi connectivity index (χ0v) is 10.8. The molecule has 1 aromatic carbocycles. The van der Waals surface area contributed by atoms with Gasteiger partial charge in [0.1, 0.15) is 0 Å². The number of halogens is 3. The third kappa shape index (κ3) is 3.50. The Labute approximate surface area is 115 Å². The second-order valence-electron chi connectivity index (χ2n) is 5.09. The number of carboxylic acids is 1. The fraction of sp³-hybridized carbons (Fsp3) is 0.500. The van der Waals surface area contributed by atoms with Gasteiger partial charge in [0.05, 0.1) is 11.8 Å². The highest BCUT2D eigenvalue weighted by atomic mass is 19.4. The molecule has 0 saturated carbocycles. The molecule has 0 aliphatic carbocycles. The molecule has 2 rings (SSSR count). The Morgan fingerprint density at radius 1 is 1.25 bits per heavy atom. The Bertz CT molecular complexity index is 461. The number of nitrogens with zero attached hydrogens (tertiary/aromatic N) is 1. The molecule has 1 aromatic rings. The monoisotopic (exact) mass is 287 g/mol. The minimum atomic E-state index is -4.45. The molecule has 1 heterocycles. The van der Waals surface area contributed by atoms with Gasteiger partial charge in [0.15, 0.2) is 0 Å². The molecule has 1 saturated heterocycles. The van der Waals surface area contributed by atoms with Gasteiger partial charge < -0.3 is 10.0 Å². The van der Waals surface area contributed by atoms with Crippen molar-refractivity contribution in [3.05, 3.63) is 35.9 Å². The van der Waals surface area contributed by atoms with E-state index in [-0.39, 0.29) is 13.1 Å². The van der Waals surface area contributed by atoms with Crippen LogP contribution in [0.4, 0.5) is 13.2 Å². The van der Waals surface area contributed by atoms with Crippen LogP contribution in [0.25, 0.3) is 0 Å². The molecule has 6 heteroatoms. The number of aliphatic carboxylic acids is 1. The number of benzene rings is 1. The van der Waals surface area contributed by atoms with Gasteiger partial charge >= 0.3 is 12.1 Å². The number of hydrogen-bond acceptors (Lipinski definition) is 2. The Kier molecular flexibility index (Phi) is 4.32. The normalized spacial score (nSPS) is 23.9. The molecule has 0 radical (unpaired) electrons. The molecule has 110 valence electrons. The van der Waals surface area contributed by atoms with Crippen LogP contribution >= 0.6 is 0 Å². The summed E-state index contributed by atoms with van der Waals surface area (Å²) in [5.74, 6) is -4.49. The van der Waals surface area contributed by atoms with Crippen molar-refractivity contribution in [3.8, 4) is 0 Å². The number of likely N-dealkylation sites (tertiary alicyclic amines) is 1. The number of alkyl halides is 3. The lowest BCUT2D eigenvalue weighted by molar-refractivity contribution is -0.188. The summed E-state index contributed by atoms with van der Waals surface area (Å²) in [5, 5.41) is 8.92. The van der Waals surface area contributed by atoms with Crippen LogP contribution in [0, 0.1) is 11.8 Å². The van der Waals surface area contributed by atoms with Gasteiger partial charge in [-0.1, -0.05) is 30.3 Å². The van der Waals surface area contributed by atoms with Crippen molar-refractivity contribution in [3.63, 3.8) is 0 Å². The second-order valence-corrected chi connectivity index (χ2v) is 5.09. The third-order valence-corrected chi connectivity index (χ3v) is 3.69. The largest absolute Gasteiger partial charge is 0.481 e. The standard InChI is InChI=1S/C14H16F3NO2/c15-14(16,17)12-9-18(8-11(12)13(19)20)7-6-10-4-2-1-3-5-10/h1-5,11-12H,6-9H2,(H,19,20)/t11-,12-/m1/s1. The van der Waals surface area contributed by atoms with E-state index in [1.165, 1.54) is 0 Å². The highest BCUT2D eigenvalue weighted by Gasteiger charge is 2.52. The maximum absolute atomic E-state index is 12.8. The van der Waals surface area contributed by atoms with Crippen molar-refractivity contribution in [1.29, 1.82) is 0 Å². The van der Waals surface area contributed by atoms with E-state index in [4.69, 9.17) is 5.11 Å². The van der Waals surface area contributed by atoms with Crippen LogP contribution in [-0.2, 0) is 11.2 Å². The summed E-state index contributed by atoms with van der Waals surface area (Å²) in [7, 11) is 0. The van der Waals surface area contributed by atoms with Crippen molar-refractivity contribution in [1.82, 2.24) is 4.90 Å². The topological polar surface area (TPSA) is 40.5 Å². The molecule has 1 fully saturated rings. The van der Waals surface area contributed by atoms with Crippen LogP contribution in [0.1, 0.15) is 5.56 Å². The maximum atomic E-state index is 12.8. The molecular formula is C14H16F3NO2. The van der Waals surface area contributed by atoms with Gasteiger partial charge in [0.2, 0.25) is 0 Å². The van der Waals surface area contributed by atoms with E-state index in [0.717, 1.165) is 5.56 Å². The zero-order chi connectivity index (χ0) is 14.8. The second kappa shape index (κ2) is 5.83. The van der Waals surface area contributed by atoms with Crippen molar-refractivity contribution in [2.24, 2.45) is 11.8 Å². The van der Waals surface area contributed by atoms with E-state index >= 15 is 0 Å². The molecule has 20 heavy (non-hydrogen) atoms. The molecule has 0 bridgehead atoms. The van der Waals surface area contributed by atoms with Crippen LogP contribution in [-0.4, -0.2) is 41.8 Å². The smallest absolute Gasteiger partial charge is 0.393 e. The van der Waals surface area contributed by atoms with E-state index in [1.807, 2.05) is 30.3 Å². The zero-order valence-electron chi connectivity index (χ0n) is 10.8. The first-order valence-electron chi connectivity index (χ1n) is 6.43. The number of hydrogen-bond donors (Lipinski definition) is 1. The van der Waals surface area contributed by atoms with E-state index in [2.05, 4.69) is 0 Å². The van der Waals surface area contributed by atoms with Crippen LogP contribution in [0.5, 0.6) is 0 Å². The van der Waals surface area contributed by atoms with Gasteiger partial charge in [-0.2, -0.15) is 13.2 Å². The van der Waals surface area contributed by atoms with Gasteiger partial charge in [0, 0.05) is 19.6 Å². The molecular weight excluding hydrogens is 271 g/mol. The number of carbonyl (C=O) groups is 1. The molecule has 0 amide bonds. The predicted molar refractivity (Wildman–Crippen MR) is 67.3 cm³/mol. The van der Waals surface area contributed by atoms with Crippen molar-refractivity contribution in [2.75, 3.05) is 19.6 Å². The first kappa shape index (κ1) is 14.8. The third-order valence-electron chi connectivity index (χ3n) is 3.69. The summed E-state index contributed by atoms with van der Waals surface area (Å²) in [6.07, 6.45) is -3.83. The average Bonchev–Trinajstić information content (AvgIpc) is 2.82. The number of carboxylic acid groups (broad SMARTS) is 1. The summed E-state index contributed by atoms with van der Waals surface area (Å²) in [5.41, 5.74) is 1.04. The van der Waals surface area contributed by atoms with Crippen LogP contribution < -0.4 is 0 Å². The Morgan fingerprint density at radius 3 is 2.40 bits per heavy atom. The van der Waals surface area contributed by atoms with Crippen molar-refractivity contribution < 1.29 is 23.1 Å². The van der Waals surface area contributed by atoms with Crippen molar-refractivity contribution in [2.45, 2.75) is 12.6 Å². The minimum absolute atomic E-state index is 0.0354. The van der Waals surface area contributed by atoms with Crippen LogP contribution in [0.2, 0.25) is 0 Å². The summed E-state index contributed by atoms with van der Waals surface area (Å²) in [6.45, 7) is 0.181. The summed E-state index contributed by atoms with van der Waals surface area (Å²) < 4.78 is 38.5. The molecule has 2 atom stereocenters. The SMILES string of the molecule is O=C(O)[C@@H]1CN(CCc2ccccc2)C[C@H]1C(F)(F)F.